The van der Waals surface area contributed by atoms with E-state index in [2.05, 4.69) is 9.72 Å². The largest absolute Gasteiger partial charge is 0.461 e. The average Bonchev–Trinajstić information content (AvgIpc) is 2.77. The number of aromatic nitrogens is 1. The molecular weight excluding hydrogens is 263 g/mol. The second-order valence-corrected chi connectivity index (χ2v) is 3.49. The van der Waals surface area contributed by atoms with E-state index in [0.717, 1.165) is 6.39 Å². The molecule has 19 heavy (non-hydrogen) atoms. The molecule has 0 spiro atoms. The summed E-state index contributed by atoms with van der Waals surface area (Å²) in [6.07, 6.45) is 0.851. The lowest BCUT2D eigenvalue weighted by molar-refractivity contribution is 0.0520. The van der Waals surface area contributed by atoms with Crippen LogP contribution in [-0.4, -0.2) is 17.6 Å². The zero-order chi connectivity index (χ0) is 14.0. The molecule has 7 heteroatoms. The topological polar surface area (TPSA) is 52.3 Å². The highest BCUT2D eigenvalue weighted by Gasteiger charge is 2.25. The molecule has 0 aliphatic carbocycles. The number of oxazole rings is 1. The standard InChI is InChI=1S/C12H8F3NO3/c1-2-18-12(17)10-11(19-5-16-10)9-7(14)3-6(13)4-8(9)15/h3-5H,2H2,1H3. The van der Waals surface area contributed by atoms with Gasteiger partial charge in [-0.1, -0.05) is 0 Å². The smallest absolute Gasteiger partial charge is 0.360 e. The monoisotopic (exact) mass is 271 g/mol. The number of hydrogen-bond acceptors (Lipinski definition) is 4. The molecule has 0 amide bonds. The lowest BCUT2D eigenvalue weighted by atomic mass is 10.1. The average molecular weight is 271 g/mol. The number of carbonyl (C=O) groups is 1. The molecule has 0 N–H and O–H groups in total. The number of benzene rings is 1. The van der Waals surface area contributed by atoms with Crippen molar-refractivity contribution in [3.05, 3.63) is 41.7 Å². The highest BCUT2D eigenvalue weighted by atomic mass is 19.1. The Bertz CT molecular complexity index is 601. The van der Waals surface area contributed by atoms with Gasteiger partial charge >= 0.3 is 5.97 Å². The molecule has 0 unspecified atom stereocenters. The van der Waals surface area contributed by atoms with Gasteiger partial charge in [-0.3, -0.25) is 0 Å². The van der Waals surface area contributed by atoms with E-state index in [9.17, 15) is 18.0 Å². The van der Waals surface area contributed by atoms with Gasteiger partial charge in [0.05, 0.1) is 12.2 Å². The fraction of sp³-hybridized carbons (Fsp3) is 0.167. The van der Waals surface area contributed by atoms with Crippen molar-refractivity contribution in [3.63, 3.8) is 0 Å². The zero-order valence-corrected chi connectivity index (χ0v) is 9.75. The molecular formula is C12H8F3NO3. The Balaban J connectivity index is 2.55. The lowest BCUT2D eigenvalue weighted by Crippen LogP contribution is -2.07. The predicted octanol–water partition coefficient (Wildman–Crippen LogP) is 2.94. The van der Waals surface area contributed by atoms with Crippen LogP contribution in [0.4, 0.5) is 13.2 Å². The molecule has 0 bridgehead atoms. The van der Waals surface area contributed by atoms with E-state index in [0.29, 0.717) is 12.1 Å². The summed E-state index contributed by atoms with van der Waals surface area (Å²) in [5.41, 5.74) is -1.03. The van der Waals surface area contributed by atoms with Crippen LogP contribution >= 0.6 is 0 Å². The number of hydrogen-bond donors (Lipinski definition) is 0. The quantitative estimate of drug-likeness (QED) is 0.805. The van der Waals surface area contributed by atoms with Gasteiger partial charge in [0.2, 0.25) is 0 Å². The summed E-state index contributed by atoms with van der Waals surface area (Å²) in [4.78, 5) is 15.1. The maximum Gasteiger partial charge on any atom is 0.360 e. The maximum absolute atomic E-state index is 13.6. The SMILES string of the molecule is CCOC(=O)c1ncoc1-c1c(F)cc(F)cc1F. The van der Waals surface area contributed by atoms with Crippen LogP contribution in [-0.2, 0) is 4.74 Å². The molecule has 0 saturated heterocycles. The Kier molecular flexibility index (Phi) is 3.55. The second-order valence-electron chi connectivity index (χ2n) is 3.49. The highest BCUT2D eigenvalue weighted by Crippen LogP contribution is 2.29. The van der Waals surface area contributed by atoms with Crippen LogP contribution in [0.1, 0.15) is 17.4 Å². The van der Waals surface area contributed by atoms with E-state index in [-0.39, 0.29) is 12.3 Å². The number of carbonyl (C=O) groups excluding carboxylic acids is 1. The van der Waals surface area contributed by atoms with Gasteiger partial charge in [-0.05, 0) is 6.92 Å². The fourth-order valence-corrected chi connectivity index (χ4v) is 1.53. The maximum atomic E-state index is 13.6. The minimum Gasteiger partial charge on any atom is -0.461 e. The molecule has 0 aliphatic rings. The van der Waals surface area contributed by atoms with Crippen molar-refractivity contribution in [2.45, 2.75) is 6.92 Å². The zero-order valence-electron chi connectivity index (χ0n) is 9.75. The number of nitrogens with zero attached hydrogens (tertiary/aromatic N) is 1. The van der Waals surface area contributed by atoms with Crippen LogP contribution in [0.5, 0.6) is 0 Å². The summed E-state index contributed by atoms with van der Waals surface area (Å²) in [6.45, 7) is 1.64. The Labute approximate surface area is 105 Å². The first-order valence-corrected chi connectivity index (χ1v) is 5.30. The van der Waals surface area contributed by atoms with Crippen LogP contribution in [0, 0.1) is 17.5 Å². The van der Waals surface area contributed by atoms with E-state index in [4.69, 9.17) is 4.42 Å². The van der Waals surface area contributed by atoms with Crippen molar-refractivity contribution in [2.75, 3.05) is 6.61 Å². The van der Waals surface area contributed by atoms with Gasteiger partial charge in [0.15, 0.2) is 17.8 Å². The van der Waals surface area contributed by atoms with Crippen molar-refractivity contribution in [1.82, 2.24) is 4.98 Å². The van der Waals surface area contributed by atoms with Crippen molar-refractivity contribution in [3.8, 4) is 11.3 Å². The predicted molar refractivity (Wildman–Crippen MR) is 57.8 cm³/mol. The third kappa shape index (κ3) is 2.44. The molecule has 2 rings (SSSR count). The van der Waals surface area contributed by atoms with Crippen LogP contribution in [0.3, 0.4) is 0 Å². The first-order valence-electron chi connectivity index (χ1n) is 5.30. The Morgan fingerprint density at radius 2 is 1.95 bits per heavy atom. The molecule has 0 radical (unpaired) electrons. The van der Waals surface area contributed by atoms with E-state index < -0.39 is 34.7 Å². The van der Waals surface area contributed by atoms with Crippen molar-refractivity contribution in [1.29, 1.82) is 0 Å². The van der Waals surface area contributed by atoms with Crippen LogP contribution in [0.15, 0.2) is 22.9 Å². The number of esters is 1. The third-order valence-corrected chi connectivity index (χ3v) is 2.27. The van der Waals surface area contributed by atoms with E-state index >= 15 is 0 Å². The van der Waals surface area contributed by atoms with Crippen molar-refractivity contribution in [2.24, 2.45) is 0 Å². The summed E-state index contributed by atoms with van der Waals surface area (Å²) in [5, 5.41) is 0. The molecule has 1 aromatic carbocycles. The number of rotatable bonds is 3. The molecule has 0 aliphatic heterocycles. The van der Waals surface area contributed by atoms with E-state index in [1.54, 1.807) is 6.92 Å². The fourth-order valence-electron chi connectivity index (χ4n) is 1.53. The molecule has 4 nitrogen and oxygen atoms in total. The summed E-state index contributed by atoms with van der Waals surface area (Å²) in [5.74, 6) is -4.78. The number of ether oxygens (including phenoxy) is 1. The molecule has 0 saturated carbocycles. The Morgan fingerprint density at radius 1 is 1.32 bits per heavy atom. The first-order chi connectivity index (χ1) is 9.04. The van der Waals surface area contributed by atoms with Crippen LogP contribution in [0.2, 0.25) is 0 Å². The van der Waals surface area contributed by atoms with Crippen molar-refractivity contribution >= 4 is 5.97 Å². The summed E-state index contributed by atoms with van der Waals surface area (Å²) in [6, 6.07) is 0.964. The molecule has 0 fully saturated rings. The van der Waals surface area contributed by atoms with Crippen molar-refractivity contribution < 1.29 is 27.1 Å². The van der Waals surface area contributed by atoms with Gasteiger partial charge in [0.1, 0.15) is 17.5 Å². The Hall–Kier alpha value is -2.31. The second kappa shape index (κ2) is 5.13. The van der Waals surface area contributed by atoms with E-state index in [1.165, 1.54) is 0 Å². The summed E-state index contributed by atoms with van der Waals surface area (Å²) < 4.78 is 49.5. The lowest BCUT2D eigenvalue weighted by Gasteiger charge is -2.04. The molecule has 100 valence electrons. The minimum absolute atomic E-state index is 0.0690. The normalized spacial score (nSPS) is 10.5. The van der Waals surface area contributed by atoms with Crippen LogP contribution in [0.25, 0.3) is 11.3 Å². The van der Waals surface area contributed by atoms with Gasteiger partial charge < -0.3 is 9.15 Å². The van der Waals surface area contributed by atoms with Gasteiger partial charge in [0.25, 0.3) is 0 Å². The summed E-state index contributed by atoms with van der Waals surface area (Å²) in [7, 11) is 0. The van der Waals surface area contributed by atoms with E-state index in [1.807, 2.05) is 0 Å². The molecule has 2 aromatic rings. The first kappa shape index (κ1) is 13.1. The highest BCUT2D eigenvalue weighted by molar-refractivity contribution is 5.93. The molecule has 1 aromatic heterocycles. The summed E-state index contributed by atoms with van der Waals surface area (Å²) >= 11 is 0. The van der Waals surface area contributed by atoms with Gasteiger partial charge in [-0.2, -0.15) is 0 Å². The van der Waals surface area contributed by atoms with Gasteiger partial charge in [-0.25, -0.2) is 22.9 Å². The van der Waals surface area contributed by atoms with Gasteiger partial charge in [-0.15, -0.1) is 0 Å². The molecule has 1 heterocycles. The number of halogens is 3. The minimum atomic E-state index is -1.19. The Morgan fingerprint density at radius 3 is 2.53 bits per heavy atom. The third-order valence-electron chi connectivity index (χ3n) is 2.27. The van der Waals surface area contributed by atoms with Gasteiger partial charge in [0, 0.05) is 12.1 Å². The molecule has 0 atom stereocenters. The van der Waals surface area contributed by atoms with Crippen LogP contribution < -0.4 is 0 Å².